The van der Waals surface area contributed by atoms with E-state index in [0.717, 1.165) is 0 Å². The summed E-state index contributed by atoms with van der Waals surface area (Å²) < 4.78 is 5.15. The highest BCUT2D eigenvalue weighted by molar-refractivity contribution is 6.31. The first-order valence-electron chi connectivity index (χ1n) is 3.65. The number of benzene rings is 1. The number of nitrogens with two attached hydrogens (primary N) is 1. The molecule has 1 heterocycles. The van der Waals surface area contributed by atoms with Crippen LogP contribution < -0.4 is 5.73 Å². The molecule has 2 N–H and O–H groups in total. The molecule has 0 fully saturated rings. The van der Waals surface area contributed by atoms with Gasteiger partial charge in [-0.05, 0) is 18.2 Å². The molecule has 0 saturated heterocycles. The molecular weight excluding hydrogens is 190 g/mol. The van der Waals surface area contributed by atoms with Gasteiger partial charge in [0.2, 0.25) is 0 Å². The third kappa shape index (κ3) is 1.17. The second-order valence-corrected chi connectivity index (χ2v) is 3.07. The predicted molar refractivity (Wildman–Crippen MR) is 51.0 cm³/mol. The van der Waals surface area contributed by atoms with E-state index in [4.69, 9.17) is 21.8 Å². The second kappa shape index (κ2) is 2.78. The van der Waals surface area contributed by atoms with Crippen LogP contribution in [0.5, 0.6) is 0 Å². The molecule has 0 aliphatic rings. The maximum Gasteiger partial charge on any atom is 0.190 e. The van der Waals surface area contributed by atoms with Gasteiger partial charge in [-0.15, -0.1) is 0 Å². The molecule has 0 radical (unpaired) electrons. The van der Waals surface area contributed by atoms with Crippen molar-refractivity contribution in [3.8, 4) is 0 Å². The molecule has 0 saturated carbocycles. The summed E-state index contributed by atoms with van der Waals surface area (Å²) in [6.45, 7) is 0. The van der Waals surface area contributed by atoms with Gasteiger partial charge in [-0.3, -0.25) is 4.79 Å². The van der Waals surface area contributed by atoms with E-state index < -0.39 is 0 Å². The van der Waals surface area contributed by atoms with Crippen molar-refractivity contribution in [3.05, 3.63) is 29.0 Å². The Hall–Kier alpha value is -1.48. The van der Waals surface area contributed by atoms with Crippen LogP contribution in [0.15, 0.2) is 22.6 Å². The Balaban J connectivity index is 2.84. The lowest BCUT2D eigenvalue weighted by Crippen LogP contribution is -1.86. The molecule has 1 aromatic heterocycles. The van der Waals surface area contributed by atoms with Crippen LogP contribution in [0, 0.1) is 0 Å². The summed E-state index contributed by atoms with van der Waals surface area (Å²) in [5, 5.41) is 1.24. The maximum absolute atomic E-state index is 10.5. The van der Waals surface area contributed by atoms with Crippen molar-refractivity contribution in [1.82, 2.24) is 0 Å². The van der Waals surface area contributed by atoms with Crippen LogP contribution in [0.4, 0.5) is 5.69 Å². The number of furan rings is 1. The zero-order valence-electron chi connectivity index (χ0n) is 6.58. The standard InChI is InChI=1S/C9H6ClNO2/c10-5-1-2-7-6(3-5)9(11)8(4-12)13-7/h1-4H,11H2. The fourth-order valence-electron chi connectivity index (χ4n) is 1.20. The van der Waals surface area contributed by atoms with Gasteiger partial charge in [-0.25, -0.2) is 0 Å². The smallest absolute Gasteiger partial charge is 0.190 e. The van der Waals surface area contributed by atoms with Crippen LogP contribution in [-0.4, -0.2) is 6.29 Å². The van der Waals surface area contributed by atoms with Crippen molar-refractivity contribution in [2.45, 2.75) is 0 Å². The maximum atomic E-state index is 10.5. The third-order valence-corrected chi connectivity index (χ3v) is 2.06. The molecule has 2 aromatic rings. The molecule has 1 aromatic carbocycles. The van der Waals surface area contributed by atoms with Gasteiger partial charge in [0.25, 0.3) is 0 Å². The van der Waals surface area contributed by atoms with Crippen molar-refractivity contribution < 1.29 is 9.21 Å². The number of rotatable bonds is 1. The number of hydrogen-bond donors (Lipinski definition) is 1. The normalized spacial score (nSPS) is 10.5. The number of hydrogen-bond acceptors (Lipinski definition) is 3. The van der Waals surface area contributed by atoms with Crippen LogP contribution in [0.2, 0.25) is 5.02 Å². The van der Waals surface area contributed by atoms with E-state index in [-0.39, 0.29) is 5.76 Å². The number of fused-ring (bicyclic) bond motifs is 1. The molecule has 0 aliphatic heterocycles. The Morgan fingerprint density at radius 2 is 2.23 bits per heavy atom. The highest BCUT2D eigenvalue weighted by atomic mass is 35.5. The Labute approximate surface area is 79.1 Å². The largest absolute Gasteiger partial charge is 0.451 e. The second-order valence-electron chi connectivity index (χ2n) is 2.64. The van der Waals surface area contributed by atoms with Gasteiger partial charge in [0, 0.05) is 10.4 Å². The highest BCUT2D eigenvalue weighted by Gasteiger charge is 2.09. The van der Waals surface area contributed by atoms with Crippen molar-refractivity contribution in [2.75, 3.05) is 5.73 Å². The SMILES string of the molecule is Nc1c(C=O)oc2ccc(Cl)cc12. The lowest BCUT2D eigenvalue weighted by atomic mass is 10.2. The minimum Gasteiger partial charge on any atom is -0.451 e. The molecule has 3 nitrogen and oxygen atoms in total. The first kappa shape index (κ1) is 8.13. The summed E-state index contributed by atoms with van der Waals surface area (Å²) in [5.41, 5.74) is 6.55. The van der Waals surface area contributed by atoms with Gasteiger partial charge >= 0.3 is 0 Å². The van der Waals surface area contributed by atoms with Gasteiger partial charge in [-0.2, -0.15) is 0 Å². The lowest BCUT2D eigenvalue weighted by Gasteiger charge is -1.89. The van der Waals surface area contributed by atoms with Crippen molar-refractivity contribution in [3.63, 3.8) is 0 Å². The van der Waals surface area contributed by atoms with Gasteiger partial charge in [0.05, 0.1) is 5.69 Å². The van der Waals surface area contributed by atoms with E-state index in [0.29, 0.717) is 28.0 Å². The molecular formula is C9H6ClNO2. The molecule has 0 amide bonds. The van der Waals surface area contributed by atoms with Gasteiger partial charge < -0.3 is 10.2 Å². The number of anilines is 1. The van der Waals surface area contributed by atoms with Crippen molar-refractivity contribution in [2.24, 2.45) is 0 Å². The van der Waals surface area contributed by atoms with E-state index in [9.17, 15) is 4.79 Å². The van der Waals surface area contributed by atoms with Gasteiger partial charge in [-0.1, -0.05) is 11.6 Å². The predicted octanol–water partition coefficient (Wildman–Crippen LogP) is 2.48. The topological polar surface area (TPSA) is 56.2 Å². The van der Waals surface area contributed by atoms with Crippen LogP contribution in [0.25, 0.3) is 11.0 Å². The molecule has 0 bridgehead atoms. The molecule has 0 aliphatic carbocycles. The quantitative estimate of drug-likeness (QED) is 0.712. The van der Waals surface area contributed by atoms with Crippen LogP contribution in [-0.2, 0) is 0 Å². The third-order valence-electron chi connectivity index (χ3n) is 1.82. The molecule has 0 spiro atoms. The Morgan fingerprint density at radius 1 is 1.46 bits per heavy atom. The van der Waals surface area contributed by atoms with Gasteiger partial charge in [0.15, 0.2) is 12.0 Å². The summed E-state index contributed by atoms with van der Waals surface area (Å²) in [7, 11) is 0. The van der Waals surface area contributed by atoms with E-state index in [1.165, 1.54) is 0 Å². The number of carbonyl (C=O) groups is 1. The molecule has 4 heteroatoms. The Kier molecular flexibility index (Phi) is 1.74. The highest BCUT2D eigenvalue weighted by Crippen LogP contribution is 2.29. The lowest BCUT2D eigenvalue weighted by molar-refractivity contribution is 0.110. The zero-order valence-corrected chi connectivity index (χ0v) is 7.34. The van der Waals surface area contributed by atoms with E-state index >= 15 is 0 Å². The summed E-state index contributed by atoms with van der Waals surface area (Å²) in [5.74, 6) is 0.150. The zero-order chi connectivity index (χ0) is 9.42. The summed E-state index contributed by atoms with van der Waals surface area (Å²) in [6.07, 6.45) is 0.587. The Bertz CT molecular complexity index is 476. The van der Waals surface area contributed by atoms with E-state index in [2.05, 4.69) is 0 Å². The average Bonchev–Trinajstić information content (AvgIpc) is 2.44. The van der Waals surface area contributed by atoms with Crippen LogP contribution in [0.1, 0.15) is 10.6 Å². The number of aldehydes is 1. The van der Waals surface area contributed by atoms with Crippen molar-refractivity contribution >= 4 is 34.5 Å². The monoisotopic (exact) mass is 195 g/mol. The summed E-state index contributed by atoms with van der Waals surface area (Å²) >= 11 is 5.76. The molecule has 13 heavy (non-hydrogen) atoms. The molecule has 0 atom stereocenters. The van der Waals surface area contributed by atoms with Crippen LogP contribution in [0.3, 0.4) is 0 Å². The van der Waals surface area contributed by atoms with E-state index in [1.807, 2.05) is 0 Å². The summed E-state index contributed by atoms with van der Waals surface area (Å²) in [4.78, 5) is 10.5. The fourth-order valence-corrected chi connectivity index (χ4v) is 1.37. The van der Waals surface area contributed by atoms with Crippen molar-refractivity contribution in [1.29, 1.82) is 0 Å². The first-order valence-corrected chi connectivity index (χ1v) is 4.03. The minimum atomic E-state index is 0.150. The number of halogens is 1. The fraction of sp³-hybridized carbons (Fsp3) is 0. The summed E-state index contributed by atoms with van der Waals surface area (Å²) in [6, 6.07) is 5.03. The molecule has 2 rings (SSSR count). The molecule has 66 valence electrons. The van der Waals surface area contributed by atoms with Crippen LogP contribution >= 0.6 is 11.6 Å². The van der Waals surface area contributed by atoms with Gasteiger partial charge in [0.1, 0.15) is 5.58 Å². The van der Waals surface area contributed by atoms with E-state index in [1.54, 1.807) is 18.2 Å². The number of nitrogen functional groups attached to an aromatic ring is 1. The Morgan fingerprint density at radius 3 is 2.92 bits per heavy atom. The minimum absolute atomic E-state index is 0.150. The number of carbonyl (C=O) groups excluding carboxylic acids is 1. The first-order chi connectivity index (χ1) is 6.22. The molecule has 0 unspecified atom stereocenters. The average molecular weight is 196 g/mol.